The molecule has 1 atom stereocenters. The van der Waals surface area contributed by atoms with E-state index in [2.05, 4.69) is 28.4 Å². The zero-order chi connectivity index (χ0) is 11.9. The number of nitrogens with one attached hydrogen (secondary N) is 1. The molecule has 0 saturated carbocycles. The fourth-order valence-corrected chi connectivity index (χ4v) is 2.71. The van der Waals surface area contributed by atoms with Crippen molar-refractivity contribution in [1.82, 2.24) is 10.2 Å². The molecule has 0 aromatic carbocycles. The molecule has 1 N–H and O–H groups in total. The van der Waals surface area contributed by atoms with Gasteiger partial charge in [-0.15, -0.1) is 0 Å². The van der Waals surface area contributed by atoms with E-state index < -0.39 is 0 Å². The van der Waals surface area contributed by atoms with E-state index >= 15 is 0 Å². The van der Waals surface area contributed by atoms with Gasteiger partial charge in [0.25, 0.3) is 0 Å². The zero-order valence-corrected chi connectivity index (χ0v) is 11.1. The summed E-state index contributed by atoms with van der Waals surface area (Å²) in [4.78, 5) is 2.65. The molecular formula is C15H26N2. The third-order valence-corrected chi connectivity index (χ3v) is 3.99. The van der Waals surface area contributed by atoms with Crippen LogP contribution >= 0.6 is 0 Å². The van der Waals surface area contributed by atoms with Crippen molar-refractivity contribution in [2.45, 2.75) is 44.6 Å². The van der Waals surface area contributed by atoms with Crippen molar-refractivity contribution in [3.8, 4) is 0 Å². The van der Waals surface area contributed by atoms with Gasteiger partial charge in [-0.2, -0.15) is 0 Å². The Labute approximate surface area is 106 Å². The molecule has 0 aromatic heterocycles. The van der Waals surface area contributed by atoms with Crippen LogP contribution in [0.5, 0.6) is 0 Å². The van der Waals surface area contributed by atoms with Crippen LogP contribution in [-0.2, 0) is 0 Å². The molecule has 96 valence electrons. The van der Waals surface area contributed by atoms with E-state index in [0.717, 1.165) is 12.6 Å². The maximum atomic E-state index is 3.25. The van der Waals surface area contributed by atoms with Crippen molar-refractivity contribution in [3.05, 3.63) is 23.8 Å². The van der Waals surface area contributed by atoms with Gasteiger partial charge >= 0.3 is 0 Å². The van der Waals surface area contributed by atoms with Crippen LogP contribution < -0.4 is 5.32 Å². The van der Waals surface area contributed by atoms with Crippen LogP contribution in [-0.4, -0.2) is 37.6 Å². The number of rotatable bonds is 6. The van der Waals surface area contributed by atoms with E-state index in [1.165, 1.54) is 51.6 Å². The largest absolute Gasteiger partial charge is 0.320 e. The standard InChI is InChI=1S/C15H26N2/c1-16-11-8-15-10-13-17(15)12-9-14-6-4-2-3-5-7-14/h4,6-7,15-16H,2-3,5,8-13H2,1H3/t15-/m1/s1. The molecule has 0 aromatic rings. The predicted molar refractivity (Wildman–Crippen MR) is 74.2 cm³/mol. The van der Waals surface area contributed by atoms with Gasteiger partial charge in [0.2, 0.25) is 0 Å². The lowest BCUT2D eigenvalue weighted by molar-refractivity contribution is 0.0861. The van der Waals surface area contributed by atoms with Gasteiger partial charge in [-0.3, -0.25) is 4.90 Å². The van der Waals surface area contributed by atoms with E-state index in [-0.39, 0.29) is 0 Å². The average Bonchev–Trinajstić information content (AvgIpc) is 2.57. The SMILES string of the molecule is CNCC[C@@H]1CCN1CCC1=CCCCC=C1. The minimum absolute atomic E-state index is 0.845. The number of likely N-dealkylation sites (tertiary alicyclic amines) is 1. The molecule has 0 amide bonds. The van der Waals surface area contributed by atoms with E-state index in [1.807, 2.05) is 7.05 Å². The highest BCUT2D eigenvalue weighted by molar-refractivity contribution is 5.20. The van der Waals surface area contributed by atoms with Crippen molar-refractivity contribution >= 4 is 0 Å². The highest BCUT2D eigenvalue weighted by atomic mass is 15.2. The molecule has 1 fully saturated rings. The van der Waals surface area contributed by atoms with E-state index in [4.69, 9.17) is 0 Å². The molecule has 2 nitrogen and oxygen atoms in total. The molecule has 1 heterocycles. The molecule has 17 heavy (non-hydrogen) atoms. The number of hydrogen-bond acceptors (Lipinski definition) is 2. The minimum Gasteiger partial charge on any atom is -0.320 e. The minimum atomic E-state index is 0.845. The first-order valence-electron chi connectivity index (χ1n) is 7.14. The first kappa shape index (κ1) is 12.8. The summed E-state index contributed by atoms with van der Waals surface area (Å²) in [6, 6.07) is 0.845. The van der Waals surface area contributed by atoms with Crippen LogP contribution in [0.3, 0.4) is 0 Å². The molecule has 2 heteroatoms. The molecule has 0 spiro atoms. The summed E-state index contributed by atoms with van der Waals surface area (Å²) in [7, 11) is 2.05. The fourth-order valence-electron chi connectivity index (χ4n) is 2.71. The summed E-state index contributed by atoms with van der Waals surface area (Å²) in [6.45, 7) is 3.72. The Morgan fingerprint density at radius 2 is 2.35 bits per heavy atom. The highest BCUT2D eigenvalue weighted by Gasteiger charge is 2.26. The second kappa shape index (κ2) is 6.97. The Balaban J connectivity index is 1.69. The maximum absolute atomic E-state index is 3.25. The molecule has 0 radical (unpaired) electrons. The van der Waals surface area contributed by atoms with Gasteiger partial charge < -0.3 is 5.32 Å². The summed E-state index contributed by atoms with van der Waals surface area (Å²) in [5.41, 5.74) is 1.56. The smallest absolute Gasteiger partial charge is 0.0120 e. The first-order valence-corrected chi connectivity index (χ1v) is 7.14. The molecule has 0 unspecified atom stereocenters. The molecule has 2 rings (SSSR count). The van der Waals surface area contributed by atoms with E-state index in [0.29, 0.717) is 0 Å². The van der Waals surface area contributed by atoms with Crippen LogP contribution in [0.25, 0.3) is 0 Å². The average molecular weight is 234 g/mol. The third-order valence-electron chi connectivity index (χ3n) is 3.99. The summed E-state index contributed by atoms with van der Waals surface area (Å²) in [5, 5.41) is 3.25. The second-order valence-corrected chi connectivity index (χ2v) is 5.23. The van der Waals surface area contributed by atoms with Crippen molar-refractivity contribution in [2.24, 2.45) is 0 Å². The Bertz CT molecular complexity index is 281. The fraction of sp³-hybridized carbons (Fsp3) is 0.733. The number of nitrogens with zero attached hydrogens (tertiary/aromatic N) is 1. The molecule has 0 bridgehead atoms. The van der Waals surface area contributed by atoms with Gasteiger partial charge in [-0.05, 0) is 58.7 Å². The monoisotopic (exact) mass is 234 g/mol. The van der Waals surface area contributed by atoms with Crippen LogP contribution in [0.4, 0.5) is 0 Å². The second-order valence-electron chi connectivity index (χ2n) is 5.23. The number of allylic oxidation sites excluding steroid dienone is 3. The lowest BCUT2D eigenvalue weighted by atomic mass is 9.98. The van der Waals surface area contributed by atoms with Gasteiger partial charge in [-0.25, -0.2) is 0 Å². The lowest BCUT2D eigenvalue weighted by Gasteiger charge is -2.41. The predicted octanol–water partition coefficient (Wildman–Crippen LogP) is 2.73. The normalized spacial score (nSPS) is 25.2. The van der Waals surface area contributed by atoms with Crippen LogP contribution in [0.15, 0.2) is 23.8 Å². The van der Waals surface area contributed by atoms with Crippen molar-refractivity contribution in [1.29, 1.82) is 0 Å². The molecule has 1 aliphatic carbocycles. The third kappa shape index (κ3) is 3.97. The van der Waals surface area contributed by atoms with Crippen molar-refractivity contribution in [3.63, 3.8) is 0 Å². The van der Waals surface area contributed by atoms with Crippen LogP contribution in [0.2, 0.25) is 0 Å². The van der Waals surface area contributed by atoms with Crippen LogP contribution in [0, 0.1) is 0 Å². The Morgan fingerprint density at radius 3 is 3.12 bits per heavy atom. The van der Waals surface area contributed by atoms with Crippen LogP contribution in [0.1, 0.15) is 38.5 Å². The summed E-state index contributed by atoms with van der Waals surface area (Å²) in [6.07, 6.45) is 14.9. The Hall–Kier alpha value is -0.600. The van der Waals surface area contributed by atoms with E-state index in [9.17, 15) is 0 Å². The summed E-state index contributed by atoms with van der Waals surface area (Å²) in [5.74, 6) is 0. The zero-order valence-electron chi connectivity index (χ0n) is 11.1. The lowest BCUT2D eigenvalue weighted by Crippen LogP contribution is -2.49. The molecular weight excluding hydrogens is 208 g/mol. The maximum Gasteiger partial charge on any atom is 0.0120 e. The van der Waals surface area contributed by atoms with Gasteiger partial charge in [0.05, 0.1) is 0 Å². The van der Waals surface area contributed by atoms with Gasteiger partial charge in [0.1, 0.15) is 0 Å². The summed E-state index contributed by atoms with van der Waals surface area (Å²) >= 11 is 0. The van der Waals surface area contributed by atoms with Gasteiger partial charge in [0, 0.05) is 12.6 Å². The van der Waals surface area contributed by atoms with E-state index in [1.54, 1.807) is 5.57 Å². The Morgan fingerprint density at radius 1 is 1.41 bits per heavy atom. The number of hydrogen-bond donors (Lipinski definition) is 1. The summed E-state index contributed by atoms with van der Waals surface area (Å²) < 4.78 is 0. The van der Waals surface area contributed by atoms with Gasteiger partial charge in [-0.1, -0.05) is 23.8 Å². The quantitative estimate of drug-likeness (QED) is 0.760. The van der Waals surface area contributed by atoms with Gasteiger partial charge in [0.15, 0.2) is 0 Å². The molecule has 2 aliphatic rings. The molecule has 1 saturated heterocycles. The Kier molecular flexibility index (Phi) is 5.27. The topological polar surface area (TPSA) is 15.3 Å². The van der Waals surface area contributed by atoms with Crippen molar-refractivity contribution in [2.75, 3.05) is 26.7 Å². The first-order chi connectivity index (χ1) is 8.40. The highest BCUT2D eigenvalue weighted by Crippen LogP contribution is 2.22. The molecule has 1 aliphatic heterocycles. The van der Waals surface area contributed by atoms with Crippen molar-refractivity contribution < 1.29 is 0 Å².